The zero-order valence-electron chi connectivity index (χ0n) is 36.2. The van der Waals surface area contributed by atoms with Gasteiger partial charge in [0.1, 0.15) is 5.56 Å². The minimum atomic E-state index is -4.77. The van der Waals surface area contributed by atoms with E-state index in [1.54, 1.807) is 46.6 Å². The Labute approximate surface area is 386 Å². The number of carbonyl (C=O) groups excluding carboxylic acids is 4. The van der Waals surface area contributed by atoms with E-state index in [-0.39, 0.29) is 93.3 Å². The first kappa shape index (κ1) is 44.3. The molecule has 3 aromatic heterocycles. The van der Waals surface area contributed by atoms with Gasteiger partial charge in [-0.05, 0) is 88.2 Å². The number of imide groups is 1. The molecule has 0 aliphatic carbocycles. The molecular formula is C49H41F3N8O7P+. The van der Waals surface area contributed by atoms with Gasteiger partial charge in [-0.2, -0.15) is 13.2 Å². The summed E-state index contributed by atoms with van der Waals surface area (Å²) in [4.78, 5) is 76.2. The van der Waals surface area contributed by atoms with Gasteiger partial charge in [0.15, 0.2) is 6.04 Å². The monoisotopic (exact) mass is 941 g/mol. The topological polar surface area (TPSA) is 176 Å². The third-order valence-electron chi connectivity index (χ3n) is 12.6. The van der Waals surface area contributed by atoms with E-state index in [0.717, 1.165) is 32.6 Å². The first-order valence-corrected chi connectivity index (χ1v) is 23.2. The van der Waals surface area contributed by atoms with E-state index in [0.29, 0.717) is 27.5 Å². The Balaban J connectivity index is 0.784. The highest BCUT2D eigenvalue weighted by Crippen LogP contribution is 2.43. The molecule has 2 unspecified atom stereocenters. The Hall–Kier alpha value is -7.56. The predicted molar refractivity (Wildman–Crippen MR) is 249 cm³/mol. The summed E-state index contributed by atoms with van der Waals surface area (Å²) in [5.74, 6) is -1.88. The average Bonchev–Trinajstić information content (AvgIpc) is 3.60. The second kappa shape index (κ2) is 17.9. The Bertz CT molecular complexity index is 3300. The van der Waals surface area contributed by atoms with Crippen LogP contribution in [0.25, 0.3) is 49.4 Å². The maximum Gasteiger partial charge on any atom is 0.508 e. The van der Waals surface area contributed by atoms with Crippen molar-refractivity contribution in [1.82, 2.24) is 29.4 Å². The number of ether oxygens (including phenoxy) is 1. The number of piperazine rings is 1. The molecule has 0 bridgehead atoms. The highest BCUT2D eigenvalue weighted by molar-refractivity contribution is 7.53. The lowest BCUT2D eigenvalue weighted by atomic mass is 9.99. The van der Waals surface area contributed by atoms with Gasteiger partial charge in [0.25, 0.3) is 22.7 Å². The van der Waals surface area contributed by atoms with Crippen LogP contribution in [0.4, 0.5) is 24.5 Å². The maximum absolute atomic E-state index is 15.0. The summed E-state index contributed by atoms with van der Waals surface area (Å²) < 4.78 is 66.5. The van der Waals surface area contributed by atoms with Crippen LogP contribution >= 0.6 is 7.95 Å². The third kappa shape index (κ3) is 8.30. The molecule has 0 saturated carbocycles. The van der Waals surface area contributed by atoms with Crippen molar-refractivity contribution in [3.05, 3.63) is 131 Å². The number of halogens is 3. The molecule has 344 valence electrons. The molecule has 0 spiro atoms. The Kier molecular flexibility index (Phi) is 11.7. The number of piperidine rings is 1. The summed E-state index contributed by atoms with van der Waals surface area (Å²) >= 11 is 0. The molecule has 2 saturated heterocycles. The van der Waals surface area contributed by atoms with Crippen LogP contribution in [-0.2, 0) is 29.9 Å². The number of hydrogen-bond donors (Lipinski definition) is 2. The SMILES string of the molecule is O=C1CCC(N2C(=O)c3cccc(NCCOCCC(=O)N4CCN(c5ccc(-n6c(=O)ccc7cnc8ccc(-c9ccc%10ccncc%10c9)cc8c76)cc5C(F)(F)F)CC4)c3[P+]2=O)C(=O)N1. The van der Waals surface area contributed by atoms with Gasteiger partial charge in [-0.25, -0.2) is 0 Å². The van der Waals surface area contributed by atoms with Gasteiger partial charge in [0.05, 0.1) is 47.6 Å². The zero-order chi connectivity index (χ0) is 47.3. The first-order chi connectivity index (χ1) is 32.8. The number of amides is 4. The summed E-state index contributed by atoms with van der Waals surface area (Å²) in [7, 11) is -2.44. The standard InChI is InChI=1S/C49H40F3N8O7P/c50-49(51,52)37-26-34(59-44(63)13-7-32-28-55-38-9-6-31(25-36(38)45(32)59)30-5-4-29-14-16-53-27-33(29)24-30)8-10-40(37)57-18-20-58(21-19-57)43(62)15-22-67-23-17-54-39-3-1-2-35-46(39)68(66)60(48(35)65)41-11-12-42(61)56-47(41)64/h1-10,13-14,16,24-28,41H,11-12,15,17-23H2,(H-,54,56,61,64,66)/p+1. The van der Waals surface area contributed by atoms with Crippen molar-refractivity contribution < 1.29 is 41.7 Å². The Morgan fingerprint density at radius 3 is 2.46 bits per heavy atom. The summed E-state index contributed by atoms with van der Waals surface area (Å²) in [5, 5.41) is 8.73. The Morgan fingerprint density at radius 2 is 1.65 bits per heavy atom. The number of carbonyl (C=O) groups is 4. The van der Waals surface area contributed by atoms with E-state index >= 15 is 0 Å². The number of nitrogens with zero attached hydrogens (tertiary/aromatic N) is 6. The van der Waals surface area contributed by atoms with Crippen LogP contribution in [0.1, 0.15) is 35.2 Å². The Morgan fingerprint density at radius 1 is 0.853 bits per heavy atom. The van der Waals surface area contributed by atoms with Gasteiger partial charge in [-0.1, -0.05) is 24.3 Å². The molecule has 2 atom stereocenters. The van der Waals surface area contributed by atoms with Crippen molar-refractivity contribution in [2.75, 3.05) is 56.2 Å². The van der Waals surface area contributed by atoms with Crippen molar-refractivity contribution in [1.29, 1.82) is 0 Å². The molecule has 15 nitrogen and oxygen atoms in total. The number of alkyl halides is 3. The molecule has 19 heteroatoms. The summed E-state index contributed by atoms with van der Waals surface area (Å²) in [6, 6.07) is 24.2. The predicted octanol–water partition coefficient (Wildman–Crippen LogP) is 6.57. The lowest BCUT2D eigenvalue weighted by Crippen LogP contribution is -2.51. The fourth-order valence-electron chi connectivity index (χ4n) is 9.21. The number of hydrogen-bond acceptors (Lipinski definition) is 11. The normalized spacial score (nSPS) is 17.0. The van der Waals surface area contributed by atoms with E-state index in [2.05, 4.69) is 20.6 Å². The zero-order valence-corrected chi connectivity index (χ0v) is 37.1. The van der Waals surface area contributed by atoms with Crippen molar-refractivity contribution in [3.63, 3.8) is 0 Å². The lowest BCUT2D eigenvalue weighted by molar-refractivity contribution is -0.137. The number of rotatable bonds is 11. The van der Waals surface area contributed by atoms with E-state index in [1.165, 1.54) is 28.8 Å². The summed E-state index contributed by atoms with van der Waals surface area (Å²) in [6.45, 7) is 1.13. The molecule has 10 rings (SSSR count). The first-order valence-electron chi connectivity index (χ1n) is 22.0. The van der Waals surface area contributed by atoms with Gasteiger partial charge in [0, 0.05) is 85.6 Å². The van der Waals surface area contributed by atoms with E-state index in [4.69, 9.17) is 4.74 Å². The molecule has 2 fully saturated rings. The molecular weight excluding hydrogens is 901 g/mol. The molecule has 4 amide bonds. The van der Waals surface area contributed by atoms with Crippen LogP contribution in [-0.4, -0.2) is 99.7 Å². The highest BCUT2D eigenvalue weighted by Gasteiger charge is 2.55. The van der Waals surface area contributed by atoms with Gasteiger partial charge in [0.2, 0.25) is 11.8 Å². The van der Waals surface area contributed by atoms with Crippen LogP contribution < -0.4 is 26.4 Å². The molecule has 2 N–H and O–H groups in total. The van der Waals surface area contributed by atoms with Crippen LogP contribution in [0.3, 0.4) is 0 Å². The van der Waals surface area contributed by atoms with Crippen molar-refractivity contribution >= 4 is 80.8 Å². The van der Waals surface area contributed by atoms with Gasteiger partial charge >= 0.3 is 14.1 Å². The van der Waals surface area contributed by atoms with Gasteiger partial charge in [-0.3, -0.25) is 43.8 Å². The molecule has 3 aliphatic rings. The minimum absolute atomic E-state index is 0.0306. The maximum atomic E-state index is 15.0. The second-order valence-electron chi connectivity index (χ2n) is 16.7. The molecule has 6 heterocycles. The number of benzene rings is 4. The average molecular weight is 942 g/mol. The fourth-order valence-corrected chi connectivity index (χ4v) is 10.9. The van der Waals surface area contributed by atoms with E-state index in [1.807, 2.05) is 42.5 Å². The third-order valence-corrected chi connectivity index (χ3v) is 14.3. The molecule has 7 aromatic rings. The molecule has 3 aliphatic heterocycles. The number of anilines is 2. The van der Waals surface area contributed by atoms with Gasteiger partial charge in [-0.15, -0.1) is 4.67 Å². The van der Waals surface area contributed by atoms with Crippen molar-refractivity contribution in [2.45, 2.75) is 31.5 Å². The number of pyridine rings is 3. The summed E-state index contributed by atoms with van der Waals surface area (Å²) in [5.41, 5.74) is 1.95. The lowest BCUT2D eigenvalue weighted by Gasteiger charge is -2.37. The van der Waals surface area contributed by atoms with Crippen LogP contribution in [0.2, 0.25) is 0 Å². The van der Waals surface area contributed by atoms with Crippen molar-refractivity contribution in [3.8, 4) is 16.8 Å². The fraction of sp³-hybridized carbons (Fsp3) is 0.245. The molecule has 4 aromatic carbocycles. The number of aromatic nitrogens is 3. The van der Waals surface area contributed by atoms with E-state index < -0.39 is 49.0 Å². The second-order valence-corrected chi connectivity index (χ2v) is 18.1. The smallest absolute Gasteiger partial charge is 0.379 e. The van der Waals surface area contributed by atoms with E-state index in [9.17, 15) is 41.7 Å². The number of nitrogens with one attached hydrogen (secondary N) is 2. The van der Waals surface area contributed by atoms with Gasteiger partial charge < -0.3 is 19.9 Å². The van der Waals surface area contributed by atoms with Crippen LogP contribution in [0.15, 0.2) is 114 Å². The van der Waals surface area contributed by atoms with Crippen LogP contribution in [0, 0.1) is 0 Å². The van der Waals surface area contributed by atoms with Crippen LogP contribution in [0.5, 0.6) is 0 Å². The minimum Gasteiger partial charge on any atom is -0.379 e. The highest BCUT2D eigenvalue weighted by atomic mass is 31.1. The molecule has 0 radical (unpaired) electrons. The largest absolute Gasteiger partial charge is 0.508 e. The molecule has 68 heavy (non-hydrogen) atoms. The summed E-state index contributed by atoms with van der Waals surface area (Å²) in [6.07, 6.45) is 0.473. The number of fused-ring (bicyclic) bond motifs is 5. The van der Waals surface area contributed by atoms with Crippen molar-refractivity contribution in [2.24, 2.45) is 0 Å². The quantitative estimate of drug-likeness (QED) is 0.0621.